The summed E-state index contributed by atoms with van der Waals surface area (Å²) in [6.07, 6.45) is 0.812. The molecule has 6 heteroatoms. The summed E-state index contributed by atoms with van der Waals surface area (Å²) in [5.74, 6) is -0.923. The minimum absolute atomic E-state index is 0. The molecule has 0 saturated heterocycles. The predicted molar refractivity (Wildman–Crippen MR) is 67.7 cm³/mol. The Morgan fingerprint density at radius 3 is 2.24 bits per heavy atom. The Morgan fingerprint density at radius 1 is 1.29 bits per heavy atom. The van der Waals surface area contributed by atoms with E-state index in [1.54, 1.807) is 24.3 Å². The van der Waals surface area contributed by atoms with Gasteiger partial charge in [0.2, 0.25) is 0 Å². The second kappa shape index (κ2) is 7.66. The standard InChI is InChI=1S/C11H9BrO4.Na/c1-16-8-4-2-7(3-5-8)11(15)9(12)6-10(13)14;/h2-6H,1H3,(H,13,14);/b9-6-;. The molecule has 1 N–H and O–H groups in total. The Labute approximate surface area is 129 Å². The molecule has 0 bridgehead atoms. The molecule has 0 fully saturated rings. The third-order valence-electron chi connectivity index (χ3n) is 1.82. The molecule has 0 unspecified atom stereocenters. The zero-order valence-electron chi connectivity index (χ0n) is 9.44. The summed E-state index contributed by atoms with van der Waals surface area (Å²) >= 11 is 2.92. The molecule has 1 aromatic rings. The molecule has 17 heavy (non-hydrogen) atoms. The number of rotatable bonds is 4. The second-order valence-corrected chi connectivity index (χ2v) is 3.74. The predicted octanol–water partition coefficient (Wildman–Crippen LogP) is 1.86. The fourth-order valence-corrected chi connectivity index (χ4v) is 1.48. The minimum atomic E-state index is -1.17. The third kappa shape index (κ3) is 5.04. The topological polar surface area (TPSA) is 63.6 Å². The zero-order chi connectivity index (χ0) is 12.1. The number of ether oxygens (including phenoxy) is 1. The first-order chi connectivity index (χ1) is 7.54. The smallest absolute Gasteiger partial charge is 0.329 e. The van der Waals surface area contributed by atoms with Gasteiger partial charge in [0.25, 0.3) is 0 Å². The molecule has 1 radical (unpaired) electrons. The summed E-state index contributed by atoms with van der Waals surface area (Å²) in [4.78, 5) is 22.0. The van der Waals surface area contributed by atoms with Gasteiger partial charge in [0, 0.05) is 41.2 Å². The van der Waals surface area contributed by atoms with E-state index in [-0.39, 0.29) is 39.8 Å². The maximum atomic E-state index is 11.7. The van der Waals surface area contributed by atoms with Gasteiger partial charge in [0.05, 0.1) is 11.6 Å². The Morgan fingerprint density at radius 2 is 1.82 bits per heavy atom. The minimum Gasteiger partial charge on any atom is -0.497 e. The van der Waals surface area contributed by atoms with Crippen molar-refractivity contribution in [2.24, 2.45) is 0 Å². The van der Waals surface area contributed by atoms with Gasteiger partial charge < -0.3 is 9.84 Å². The van der Waals surface area contributed by atoms with Crippen LogP contribution < -0.4 is 4.74 Å². The fourth-order valence-electron chi connectivity index (χ4n) is 1.05. The molecular formula is C11H9BrNaO4. The van der Waals surface area contributed by atoms with Crippen LogP contribution in [0, 0.1) is 0 Å². The molecule has 0 saturated carbocycles. The number of carboxylic acid groups (broad SMARTS) is 1. The Balaban J connectivity index is 0.00000256. The van der Waals surface area contributed by atoms with Crippen molar-refractivity contribution in [3.63, 3.8) is 0 Å². The number of carbonyl (C=O) groups excluding carboxylic acids is 1. The van der Waals surface area contributed by atoms with Crippen molar-refractivity contribution in [2.75, 3.05) is 7.11 Å². The van der Waals surface area contributed by atoms with Crippen LogP contribution in [0.5, 0.6) is 5.75 Å². The first-order valence-electron chi connectivity index (χ1n) is 4.33. The SMILES string of the molecule is COc1ccc(C(=O)/C(Br)=C/C(=O)O)cc1.[Na]. The van der Waals surface area contributed by atoms with Gasteiger partial charge in [-0.05, 0) is 40.2 Å². The summed E-state index contributed by atoms with van der Waals surface area (Å²) in [7, 11) is 1.52. The van der Waals surface area contributed by atoms with Crippen LogP contribution in [0.25, 0.3) is 0 Å². The Hall–Kier alpha value is -0.620. The molecule has 4 nitrogen and oxygen atoms in total. The fraction of sp³-hybridized carbons (Fsp3) is 0.0909. The number of methoxy groups -OCH3 is 1. The molecule has 1 aromatic carbocycles. The summed E-state index contributed by atoms with van der Waals surface area (Å²) in [5.41, 5.74) is 0.394. The number of allylic oxidation sites excluding steroid dienone is 1. The van der Waals surface area contributed by atoms with Gasteiger partial charge in [-0.15, -0.1) is 0 Å². The number of aliphatic carboxylic acids is 1. The van der Waals surface area contributed by atoms with Crippen molar-refractivity contribution in [2.45, 2.75) is 0 Å². The van der Waals surface area contributed by atoms with E-state index in [1.807, 2.05) is 0 Å². The number of Topliss-reactive ketones (excluding diaryl/α,β-unsaturated/α-hetero) is 1. The third-order valence-corrected chi connectivity index (χ3v) is 2.41. The van der Waals surface area contributed by atoms with E-state index in [4.69, 9.17) is 9.84 Å². The number of benzene rings is 1. The first-order valence-corrected chi connectivity index (χ1v) is 5.12. The van der Waals surface area contributed by atoms with Crippen molar-refractivity contribution < 1.29 is 19.4 Å². The molecule has 0 atom stereocenters. The Kier molecular flexibility index (Phi) is 7.38. The Bertz CT molecular complexity index is 439. The van der Waals surface area contributed by atoms with Crippen molar-refractivity contribution in [3.8, 4) is 5.75 Å². The zero-order valence-corrected chi connectivity index (χ0v) is 13.0. The van der Waals surface area contributed by atoms with Crippen molar-refractivity contribution in [1.82, 2.24) is 0 Å². The molecule has 0 aromatic heterocycles. The van der Waals surface area contributed by atoms with E-state index in [0.29, 0.717) is 11.3 Å². The summed E-state index contributed by atoms with van der Waals surface area (Å²) in [5, 5.41) is 8.48. The van der Waals surface area contributed by atoms with Crippen LogP contribution in [-0.2, 0) is 4.79 Å². The number of carboxylic acids is 1. The van der Waals surface area contributed by atoms with Gasteiger partial charge in [0.15, 0.2) is 5.78 Å². The molecule has 1 rings (SSSR count). The molecule has 0 heterocycles. The molecular weight excluding hydrogens is 299 g/mol. The molecule has 0 amide bonds. The van der Waals surface area contributed by atoms with Gasteiger partial charge >= 0.3 is 5.97 Å². The second-order valence-electron chi connectivity index (χ2n) is 2.89. The van der Waals surface area contributed by atoms with Crippen LogP contribution in [0.3, 0.4) is 0 Å². The monoisotopic (exact) mass is 307 g/mol. The van der Waals surface area contributed by atoms with E-state index >= 15 is 0 Å². The van der Waals surface area contributed by atoms with E-state index in [9.17, 15) is 9.59 Å². The summed E-state index contributed by atoms with van der Waals surface area (Å²) in [6, 6.07) is 6.40. The van der Waals surface area contributed by atoms with Gasteiger partial charge in [-0.25, -0.2) is 4.79 Å². The van der Waals surface area contributed by atoms with Gasteiger partial charge in [0.1, 0.15) is 5.75 Å². The summed E-state index contributed by atoms with van der Waals surface area (Å²) < 4.78 is 4.95. The molecule has 0 aliphatic heterocycles. The van der Waals surface area contributed by atoms with Crippen molar-refractivity contribution >= 4 is 57.2 Å². The number of ketones is 1. The average Bonchev–Trinajstić information content (AvgIpc) is 2.27. The number of carbonyl (C=O) groups is 2. The quantitative estimate of drug-likeness (QED) is 0.524. The van der Waals surface area contributed by atoms with Crippen LogP contribution >= 0.6 is 15.9 Å². The normalized spacial score (nSPS) is 10.4. The summed E-state index contributed by atoms with van der Waals surface area (Å²) in [6.45, 7) is 0. The van der Waals surface area contributed by atoms with Gasteiger partial charge in [-0.1, -0.05) is 0 Å². The maximum Gasteiger partial charge on any atom is 0.329 e. The average molecular weight is 308 g/mol. The van der Waals surface area contributed by atoms with Crippen LogP contribution in [0.2, 0.25) is 0 Å². The van der Waals surface area contributed by atoms with E-state index in [0.717, 1.165) is 6.08 Å². The van der Waals surface area contributed by atoms with Gasteiger partial charge in [-0.2, -0.15) is 0 Å². The van der Waals surface area contributed by atoms with Gasteiger partial charge in [-0.3, -0.25) is 4.79 Å². The van der Waals surface area contributed by atoms with Crippen LogP contribution in [0.15, 0.2) is 34.8 Å². The van der Waals surface area contributed by atoms with Crippen molar-refractivity contribution in [1.29, 1.82) is 0 Å². The van der Waals surface area contributed by atoms with Crippen LogP contribution in [-0.4, -0.2) is 53.5 Å². The maximum absolute atomic E-state index is 11.7. The van der Waals surface area contributed by atoms with Crippen molar-refractivity contribution in [3.05, 3.63) is 40.4 Å². The molecule has 0 aliphatic carbocycles. The van der Waals surface area contributed by atoms with Crippen LogP contribution in [0.4, 0.5) is 0 Å². The van der Waals surface area contributed by atoms with E-state index in [1.165, 1.54) is 7.11 Å². The molecule has 85 valence electrons. The molecule has 0 spiro atoms. The molecule has 0 aliphatic rings. The first kappa shape index (κ1) is 16.4. The number of hydrogen-bond acceptors (Lipinski definition) is 3. The number of halogens is 1. The van der Waals surface area contributed by atoms with Crippen LogP contribution in [0.1, 0.15) is 10.4 Å². The largest absolute Gasteiger partial charge is 0.497 e. The van der Waals surface area contributed by atoms with E-state index < -0.39 is 5.97 Å². The number of hydrogen-bond donors (Lipinski definition) is 1. The van der Waals surface area contributed by atoms with E-state index in [2.05, 4.69) is 15.9 Å².